The Hall–Kier alpha value is -3.11. The van der Waals surface area contributed by atoms with Gasteiger partial charge in [0.15, 0.2) is 5.69 Å². The molecule has 1 aliphatic carbocycles. The number of hydrogen-bond donors (Lipinski definition) is 1. The molecule has 0 bridgehead atoms. The minimum Gasteiger partial charge on any atom is -0.461 e. The van der Waals surface area contributed by atoms with E-state index in [9.17, 15) is 14.7 Å². The number of aromatic nitrogens is 2. The topological polar surface area (TPSA) is 84.7 Å². The van der Waals surface area contributed by atoms with E-state index in [1.165, 1.54) is 4.90 Å². The van der Waals surface area contributed by atoms with Crippen molar-refractivity contribution in [2.45, 2.75) is 38.2 Å². The summed E-state index contributed by atoms with van der Waals surface area (Å²) in [5, 5.41) is 15.0. The van der Waals surface area contributed by atoms with E-state index in [4.69, 9.17) is 4.74 Å². The summed E-state index contributed by atoms with van der Waals surface area (Å²) in [6, 6.07) is 7.41. The fourth-order valence-electron chi connectivity index (χ4n) is 3.88. The molecule has 1 N–H and O–H groups in total. The number of esters is 1. The van der Waals surface area contributed by atoms with Crippen molar-refractivity contribution in [1.29, 1.82) is 0 Å². The van der Waals surface area contributed by atoms with Crippen molar-refractivity contribution in [2.75, 3.05) is 20.2 Å². The summed E-state index contributed by atoms with van der Waals surface area (Å²) in [5.41, 5.74) is 2.17. The van der Waals surface area contributed by atoms with Gasteiger partial charge in [0.2, 0.25) is 5.60 Å². The highest BCUT2D eigenvalue weighted by atomic mass is 16.5. The van der Waals surface area contributed by atoms with Crippen LogP contribution in [0.5, 0.6) is 0 Å². The van der Waals surface area contributed by atoms with Gasteiger partial charge in [-0.25, -0.2) is 9.48 Å². The quantitative estimate of drug-likeness (QED) is 0.631. The van der Waals surface area contributed by atoms with E-state index in [0.29, 0.717) is 30.8 Å². The zero-order chi connectivity index (χ0) is 20.6. The molecule has 2 aromatic rings. The molecular weight excluding hydrogens is 370 g/mol. The highest BCUT2D eigenvalue weighted by Crippen LogP contribution is 2.28. The Balaban J connectivity index is 1.68. The summed E-state index contributed by atoms with van der Waals surface area (Å²) < 4.78 is 6.93. The smallest absolute Gasteiger partial charge is 0.359 e. The fourth-order valence-corrected chi connectivity index (χ4v) is 3.88. The highest BCUT2D eigenvalue weighted by molar-refractivity contribution is 5.90. The van der Waals surface area contributed by atoms with Crippen LogP contribution in [0.3, 0.4) is 0 Å². The van der Waals surface area contributed by atoms with Gasteiger partial charge in [-0.3, -0.25) is 4.79 Å². The van der Waals surface area contributed by atoms with E-state index >= 15 is 0 Å². The Bertz CT molecular complexity index is 1050. The normalized spacial score (nSPS) is 20.4. The third kappa shape index (κ3) is 3.40. The number of likely N-dealkylation sites (N-methyl/N-ethyl adjacent to an activating group) is 1. The molecule has 1 aliphatic heterocycles. The lowest BCUT2D eigenvalue weighted by Crippen LogP contribution is -2.37. The van der Waals surface area contributed by atoms with Gasteiger partial charge in [0.25, 0.3) is 5.91 Å². The van der Waals surface area contributed by atoms with Gasteiger partial charge in [0.05, 0.1) is 12.3 Å². The second-order valence-corrected chi connectivity index (χ2v) is 7.40. The Morgan fingerprint density at radius 1 is 1.38 bits per heavy atom. The second-order valence-electron chi connectivity index (χ2n) is 7.40. The average Bonchev–Trinajstić information content (AvgIpc) is 3.39. The lowest BCUT2D eigenvalue weighted by Gasteiger charge is -2.13. The monoisotopic (exact) mass is 393 g/mol. The van der Waals surface area contributed by atoms with Gasteiger partial charge in [-0.15, -0.1) is 0 Å². The van der Waals surface area contributed by atoms with Crippen molar-refractivity contribution in [2.24, 2.45) is 0 Å². The van der Waals surface area contributed by atoms with Crippen molar-refractivity contribution >= 4 is 11.9 Å². The molecule has 1 aromatic heterocycles. The van der Waals surface area contributed by atoms with Crippen molar-refractivity contribution in [1.82, 2.24) is 14.7 Å². The lowest BCUT2D eigenvalue weighted by molar-refractivity contribution is -0.137. The first-order valence-corrected chi connectivity index (χ1v) is 9.82. The van der Waals surface area contributed by atoms with Crippen LogP contribution in [0.2, 0.25) is 0 Å². The molecule has 1 atom stereocenters. The molecule has 0 radical (unpaired) electrons. The average molecular weight is 393 g/mol. The van der Waals surface area contributed by atoms with Crippen LogP contribution < -0.4 is 0 Å². The lowest BCUT2D eigenvalue weighted by atomic mass is 10.0. The number of hydrogen-bond acceptors (Lipinski definition) is 5. The summed E-state index contributed by atoms with van der Waals surface area (Å²) in [4.78, 5) is 25.9. The first-order valence-electron chi connectivity index (χ1n) is 9.82. The van der Waals surface area contributed by atoms with Gasteiger partial charge in [-0.2, -0.15) is 5.10 Å². The van der Waals surface area contributed by atoms with Gasteiger partial charge >= 0.3 is 5.97 Å². The van der Waals surface area contributed by atoms with Gasteiger partial charge in [0.1, 0.15) is 0 Å². The standard InChI is InChI=1S/C22H23N3O4/c1-3-29-20(26)19-17-8-5-9-18(17)25(23-19)16-7-4-6-15(14-16)10-11-22(28)12-13-24(2)21(22)27/h4,6-7,14,28H,3,5,8-9,12-13H2,1-2H3/t22-/m0/s1. The molecule has 1 saturated heterocycles. The third-order valence-electron chi connectivity index (χ3n) is 5.41. The number of ether oxygens (including phenoxy) is 1. The molecule has 1 fully saturated rings. The van der Waals surface area contributed by atoms with E-state index in [1.807, 2.05) is 24.3 Å². The zero-order valence-electron chi connectivity index (χ0n) is 16.6. The molecule has 1 amide bonds. The van der Waals surface area contributed by atoms with E-state index < -0.39 is 11.6 Å². The minimum atomic E-state index is -1.63. The molecule has 29 heavy (non-hydrogen) atoms. The maximum atomic E-state index is 12.3. The van der Waals surface area contributed by atoms with Crippen molar-refractivity contribution in [3.8, 4) is 17.5 Å². The number of rotatable bonds is 3. The predicted octanol–water partition coefficient (Wildman–Crippen LogP) is 1.48. The minimum absolute atomic E-state index is 0.296. The first-order chi connectivity index (χ1) is 13.9. The van der Waals surface area contributed by atoms with Crippen molar-refractivity contribution < 1.29 is 19.4 Å². The van der Waals surface area contributed by atoms with Crippen molar-refractivity contribution in [3.05, 3.63) is 46.8 Å². The molecule has 0 unspecified atom stereocenters. The number of carbonyl (C=O) groups is 2. The molecule has 1 aromatic carbocycles. The molecule has 150 valence electrons. The van der Waals surface area contributed by atoms with Crippen LogP contribution in [-0.2, 0) is 22.4 Å². The van der Waals surface area contributed by atoms with Crippen LogP contribution in [0, 0.1) is 11.8 Å². The number of fused-ring (bicyclic) bond motifs is 1. The number of carbonyl (C=O) groups excluding carboxylic acids is 2. The van der Waals surface area contributed by atoms with Crippen LogP contribution in [0.1, 0.15) is 47.1 Å². The third-order valence-corrected chi connectivity index (χ3v) is 5.41. The number of aliphatic hydroxyl groups is 1. The number of likely N-dealkylation sites (tertiary alicyclic amines) is 1. The van der Waals surface area contributed by atoms with Crippen LogP contribution in [-0.4, -0.2) is 57.5 Å². The predicted molar refractivity (Wildman–Crippen MR) is 106 cm³/mol. The number of benzene rings is 1. The molecule has 7 nitrogen and oxygen atoms in total. The van der Waals surface area contributed by atoms with E-state index in [0.717, 1.165) is 36.2 Å². The van der Waals surface area contributed by atoms with Crippen LogP contribution in [0.15, 0.2) is 24.3 Å². The Kier molecular flexibility index (Phi) is 4.89. The molecular formula is C22H23N3O4. The zero-order valence-corrected chi connectivity index (χ0v) is 16.6. The Morgan fingerprint density at radius 2 is 2.21 bits per heavy atom. The molecule has 0 spiro atoms. The molecule has 7 heteroatoms. The van der Waals surface area contributed by atoms with Gasteiger partial charge in [-0.05, 0) is 44.4 Å². The number of amides is 1. The summed E-state index contributed by atoms with van der Waals surface area (Å²) in [6.45, 7) is 2.57. The Morgan fingerprint density at radius 3 is 2.93 bits per heavy atom. The first kappa shape index (κ1) is 19.2. The molecule has 4 rings (SSSR count). The molecule has 0 saturated carbocycles. The molecule has 2 heterocycles. The van der Waals surface area contributed by atoms with E-state index in [2.05, 4.69) is 16.9 Å². The van der Waals surface area contributed by atoms with Crippen molar-refractivity contribution in [3.63, 3.8) is 0 Å². The summed E-state index contributed by atoms with van der Waals surface area (Å²) >= 11 is 0. The van der Waals surface area contributed by atoms with Gasteiger partial charge < -0.3 is 14.7 Å². The van der Waals surface area contributed by atoms with Crippen LogP contribution in [0.25, 0.3) is 5.69 Å². The molecule has 2 aliphatic rings. The second kappa shape index (κ2) is 7.37. The van der Waals surface area contributed by atoms with Gasteiger partial charge in [0, 0.05) is 36.8 Å². The van der Waals surface area contributed by atoms with Crippen LogP contribution in [0.4, 0.5) is 0 Å². The Labute approximate surface area is 169 Å². The largest absolute Gasteiger partial charge is 0.461 e. The van der Waals surface area contributed by atoms with E-state index in [-0.39, 0.29) is 5.91 Å². The number of nitrogens with zero attached hydrogens (tertiary/aromatic N) is 3. The van der Waals surface area contributed by atoms with Gasteiger partial charge in [-0.1, -0.05) is 17.9 Å². The highest BCUT2D eigenvalue weighted by Gasteiger charge is 2.42. The fraction of sp³-hybridized carbons (Fsp3) is 0.409. The van der Waals surface area contributed by atoms with Crippen LogP contribution >= 0.6 is 0 Å². The summed E-state index contributed by atoms with van der Waals surface area (Å²) in [7, 11) is 1.65. The summed E-state index contributed by atoms with van der Waals surface area (Å²) in [5.74, 6) is 4.89. The maximum Gasteiger partial charge on any atom is 0.359 e. The summed E-state index contributed by atoms with van der Waals surface area (Å²) in [6.07, 6.45) is 2.93. The maximum absolute atomic E-state index is 12.3. The van der Waals surface area contributed by atoms with E-state index in [1.54, 1.807) is 18.7 Å². The SMILES string of the molecule is CCOC(=O)c1nn(-c2cccc(C#C[C@]3(O)CCN(C)C3=O)c2)c2c1CCC2.